The Morgan fingerprint density at radius 3 is 2.67 bits per heavy atom. The van der Waals surface area contributed by atoms with Gasteiger partial charge in [-0.05, 0) is 19.3 Å². The normalized spacial score (nSPS) is 27.7. The molecule has 1 aliphatic rings. The Labute approximate surface area is 154 Å². The lowest BCUT2D eigenvalue weighted by Gasteiger charge is -2.20. The van der Waals surface area contributed by atoms with Gasteiger partial charge in [0.25, 0.3) is 0 Å². The number of aromatic nitrogens is 4. The van der Waals surface area contributed by atoms with Gasteiger partial charge < -0.3 is 37.3 Å². The summed E-state index contributed by atoms with van der Waals surface area (Å²) in [5.74, 6) is -0.900. The molecule has 0 bridgehead atoms. The van der Waals surface area contributed by atoms with Gasteiger partial charge in [-0.15, -0.1) is 0 Å². The summed E-state index contributed by atoms with van der Waals surface area (Å²) in [7, 11) is 0. The Bertz CT molecular complexity index is 815. The zero-order valence-electron chi connectivity index (χ0n) is 14.4. The average molecular weight is 381 g/mol. The molecule has 0 spiro atoms. The zero-order valence-corrected chi connectivity index (χ0v) is 14.4. The third kappa shape index (κ3) is 3.84. The van der Waals surface area contributed by atoms with Gasteiger partial charge in [-0.25, -0.2) is 15.0 Å². The number of rotatable bonds is 7. The van der Waals surface area contributed by atoms with E-state index in [2.05, 4.69) is 15.0 Å². The Balaban J connectivity index is 1.68. The van der Waals surface area contributed by atoms with E-state index < -0.39 is 42.6 Å². The SMILES string of the molecule is Nc1ncnc2c1ncn2[C@H]1O[C@@H](C[C@H](N)CC[C@H](N)C(=O)O)[C@H](O)[C@@H]1O. The predicted molar refractivity (Wildman–Crippen MR) is 93.1 cm³/mol. The first kappa shape index (κ1) is 19.4. The highest BCUT2D eigenvalue weighted by Crippen LogP contribution is 2.33. The van der Waals surface area contributed by atoms with E-state index in [-0.39, 0.29) is 18.7 Å². The Morgan fingerprint density at radius 1 is 1.22 bits per heavy atom. The van der Waals surface area contributed by atoms with E-state index in [1.807, 2.05) is 0 Å². The van der Waals surface area contributed by atoms with E-state index in [9.17, 15) is 15.0 Å². The second-order valence-electron chi connectivity index (χ2n) is 6.65. The van der Waals surface area contributed by atoms with E-state index in [0.29, 0.717) is 17.6 Å². The Hall–Kier alpha value is -2.38. The number of carbonyl (C=O) groups is 1. The van der Waals surface area contributed by atoms with Gasteiger partial charge in [-0.2, -0.15) is 0 Å². The third-order valence-electron chi connectivity index (χ3n) is 4.70. The fraction of sp³-hybridized carbons (Fsp3) is 0.600. The first-order valence-corrected chi connectivity index (χ1v) is 8.48. The number of aliphatic hydroxyl groups excluding tert-OH is 2. The number of carboxylic acids is 1. The molecule has 2 aromatic heterocycles. The van der Waals surface area contributed by atoms with Crippen molar-refractivity contribution in [2.75, 3.05) is 5.73 Å². The molecule has 0 amide bonds. The molecule has 1 aliphatic heterocycles. The highest BCUT2D eigenvalue weighted by Gasteiger charge is 2.44. The predicted octanol–water partition coefficient (Wildman–Crippen LogP) is -2.06. The fourth-order valence-electron chi connectivity index (χ4n) is 3.14. The van der Waals surface area contributed by atoms with Crippen molar-refractivity contribution >= 4 is 23.0 Å². The second-order valence-corrected chi connectivity index (χ2v) is 6.65. The summed E-state index contributed by atoms with van der Waals surface area (Å²) < 4.78 is 7.28. The number of aliphatic carboxylic acids is 1. The van der Waals surface area contributed by atoms with Crippen LogP contribution >= 0.6 is 0 Å². The molecule has 2 aromatic rings. The van der Waals surface area contributed by atoms with Gasteiger partial charge >= 0.3 is 5.97 Å². The molecule has 0 unspecified atom stereocenters. The van der Waals surface area contributed by atoms with Crippen molar-refractivity contribution in [3.05, 3.63) is 12.7 Å². The highest BCUT2D eigenvalue weighted by atomic mass is 16.6. The molecule has 3 heterocycles. The Morgan fingerprint density at radius 2 is 1.96 bits per heavy atom. The number of hydrogen-bond donors (Lipinski definition) is 6. The van der Waals surface area contributed by atoms with E-state index in [1.165, 1.54) is 17.2 Å². The van der Waals surface area contributed by atoms with Crippen molar-refractivity contribution in [1.29, 1.82) is 0 Å². The van der Waals surface area contributed by atoms with E-state index in [0.717, 1.165) is 0 Å². The summed E-state index contributed by atoms with van der Waals surface area (Å²) in [6.07, 6.45) is -0.604. The van der Waals surface area contributed by atoms with Gasteiger partial charge in [0.1, 0.15) is 30.1 Å². The van der Waals surface area contributed by atoms with Crippen molar-refractivity contribution in [3.63, 3.8) is 0 Å². The molecule has 27 heavy (non-hydrogen) atoms. The summed E-state index contributed by atoms with van der Waals surface area (Å²) in [5, 5.41) is 29.5. The van der Waals surface area contributed by atoms with Crippen LogP contribution in [0.4, 0.5) is 5.82 Å². The van der Waals surface area contributed by atoms with Crippen LogP contribution < -0.4 is 17.2 Å². The fourth-order valence-corrected chi connectivity index (χ4v) is 3.14. The van der Waals surface area contributed by atoms with Crippen LogP contribution in [0.15, 0.2) is 12.7 Å². The van der Waals surface area contributed by atoms with Crippen molar-refractivity contribution < 1.29 is 24.9 Å². The van der Waals surface area contributed by atoms with Crippen LogP contribution in [0.3, 0.4) is 0 Å². The molecule has 0 aromatic carbocycles. The number of fused-ring (bicyclic) bond motifs is 1. The molecule has 9 N–H and O–H groups in total. The van der Waals surface area contributed by atoms with Crippen LogP contribution in [0, 0.1) is 0 Å². The largest absolute Gasteiger partial charge is 0.480 e. The number of carboxylic acid groups (broad SMARTS) is 1. The zero-order chi connectivity index (χ0) is 19.7. The van der Waals surface area contributed by atoms with E-state index in [4.69, 9.17) is 27.0 Å². The average Bonchev–Trinajstić information content (AvgIpc) is 3.17. The third-order valence-corrected chi connectivity index (χ3v) is 4.70. The molecule has 0 saturated carbocycles. The summed E-state index contributed by atoms with van der Waals surface area (Å²) in [6, 6.07) is -1.44. The molecule has 12 nitrogen and oxygen atoms in total. The standard InChI is InChI=1S/C15H23N7O5/c16-6(1-2-7(17)15(25)26)3-8-10(23)11(24)14(27-8)22-5-21-9-12(18)19-4-20-13(9)22/h4-8,10-11,14,23-24H,1-3,16-17H2,(H,25,26)(H2,18,19,20)/t6-,7+,8+,10+,11+,14+/m1/s1. The summed E-state index contributed by atoms with van der Waals surface area (Å²) in [6.45, 7) is 0. The first-order valence-electron chi connectivity index (χ1n) is 8.48. The van der Waals surface area contributed by atoms with Gasteiger partial charge in [0.2, 0.25) is 0 Å². The van der Waals surface area contributed by atoms with Crippen molar-refractivity contribution in [1.82, 2.24) is 19.5 Å². The van der Waals surface area contributed by atoms with Crippen molar-refractivity contribution in [3.8, 4) is 0 Å². The number of nitrogen functional groups attached to an aromatic ring is 1. The molecule has 0 aliphatic carbocycles. The smallest absolute Gasteiger partial charge is 0.320 e. The molecule has 0 radical (unpaired) electrons. The number of hydrogen-bond acceptors (Lipinski definition) is 10. The van der Waals surface area contributed by atoms with Crippen molar-refractivity contribution in [2.24, 2.45) is 11.5 Å². The highest BCUT2D eigenvalue weighted by molar-refractivity contribution is 5.81. The van der Waals surface area contributed by atoms with Crippen LogP contribution in [0.2, 0.25) is 0 Å². The maximum absolute atomic E-state index is 10.8. The lowest BCUT2D eigenvalue weighted by atomic mass is 9.98. The van der Waals surface area contributed by atoms with Crippen LogP contribution in [0.5, 0.6) is 0 Å². The number of imidazole rings is 1. The number of ether oxygens (including phenoxy) is 1. The number of nitrogens with zero attached hydrogens (tertiary/aromatic N) is 4. The van der Waals surface area contributed by atoms with E-state index >= 15 is 0 Å². The van der Waals surface area contributed by atoms with Gasteiger partial charge in [0, 0.05) is 6.04 Å². The van der Waals surface area contributed by atoms with Gasteiger partial charge in [0.15, 0.2) is 17.7 Å². The molecule has 148 valence electrons. The topological polar surface area (TPSA) is 209 Å². The summed E-state index contributed by atoms with van der Waals surface area (Å²) in [5.41, 5.74) is 18.0. The molecular formula is C15H23N7O5. The minimum absolute atomic E-state index is 0.195. The minimum atomic E-state index is -1.22. The van der Waals surface area contributed by atoms with Crippen LogP contribution in [0.1, 0.15) is 25.5 Å². The van der Waals surface area contributed by atoms with Crippen LogP contribution in [0.25, 0.3) is 11.2 Å². The second kappa shape index (κ2) is 7.70. The van der Waals surface area contributed by atoms with Crippen LogP contribution in [-0.4, -0.2) is 71.2 Å². The molecule has 1 fully saturated rings. The molecular weight excluding hydrogens is 358 g/mol. The van der Waals surface area contributed by atoms with Gasteiger partial charge in [0.05, 0.1) is 12.4 Å². The molecule has 6 atom stereocenters. The van der Waals surface area contributed by atoms with Gasteiger partial charge in [-0.1, -0.05) is 0 Å². The monoisotopic (exact) mass is 381 g/mol. The Kier molecular flexibility index (Phi) is 5.53. The summed E-state index contributed by atoms with van der Waals surface area (Å²) in [4.78, 5) is 22.8. The summed E-state index contributed by atoms with van der Waals surface area (Å²) >= 11 is 0. The maximum Gasteiger partial charge on any atom is 0.320 e. The van der Waals surface area contributed by atoms with E-state index in [1.54, 1.807) is 0 Å². The molecule has 12 heteroatoms. The first-order chi connectivity index (χ1) is 12.8. The van der Waals surface area contributed by atoms with Crippen LogP contribution in [-0.2, 0) is 9.53 Å². The lowest BCUT2D eigenvalue weighted by Crippen LogP contribution is -2.37. The van der Waals surface area contributed by atoms with Crippen molar-refractivity contribution in [2.45, 2.75) is 55.9 Å². The van der Waals surface area contributed by atoms with Gasteiger partial charge in [-0.3, -0.25) is 9.36 Å². The minimum Gasteiger partial charge on any atom is -0.480 e. The molecule has 3 rings (SSSR count). The quantitative estimate of drug-likeness (QED) is 0.307. The maximum atomic E-state index is 10.8. The number of anilines is 1. The number of nitrogens with two attached hydrogens (primary N) is 3. The molecule has 1 saturated heterocycles. The number of aliphatic hydroxyl groups is 2. The lowest BCUT2D eigenvalue weighted by molar-refractivity contribution is -0.138.